The van der Waals surface area contributed by atoms with Crippen molar-refractivity contribution in [3.05, 3.63) is 5.21 Å². The maximum atomic E-state index is 11.2. The summed E-state index contributed by atoms with van der Waals surface area (Å²) >= 11 is 0. The van der Waals surface area contributed by atoms with Crippen molar-refractivity contribution >= 4 is 0 Å². The van der Waals surface area contributed by atoms with Crippen molar-refractivity contribution in [3.63, 3.8) is 0 Å². The lowest BCUT2D eigenvalue weighted by Crippen LogP contribution is -2.46. The van der Waals surface area contributed by atoms with Crippen LogP contribution in [0.5, 0.6) is 0 Å². The molecule has 0 unspecified atom stereocenters. The molecule has 0 atom stereocenters. The Balaban J connectivity index is 2.99. The van der Waals surface area contributed by atoms with E-state index < -0.39 is 0 Å². The van der Waals surface area contributed by atoms with Gasteiger partial charge in [0.25, 0.3) is 0 Å². The van der Waals surface area contributed by atoms with Crippen LogP contribution in [0.25, 0.3) is 0 Å². The Morgan fingerprint density at radius 3 is 1.59 bits per heavy atom. The van der Waals surface area contributed by atoms with E-state index in [9.17, 15) is 5.21 Å². The summed E-state index contributed by atoms with van der Waals surface area (Å²) in [4.78, 5) is 0. The van der Waals surface area contributed by atoms with Crippen LogP contribution in [0.1, 0.15) is 71.1 Å². The molecule has 1 N–H and O–H groups in total. The Hall–Kier alpha value is -0.120. The molecule has 17 heavy (non-hydrogen) atoms. The van der Waals surface area contributed by atoms with Crippen molar-refractivity contribution in [1.29, 1.82) is 0 Å². The maximum Gasteiger partial charge on any atom is 0.0853 e. The summed E-state index contributed by atoms with van der Waals surface area (Å²) in [5, 5.41) is 11.2. The second kappa shape index (κ2) is 11.0. The van der Waals surface area contributed by atoms with Gasteiger partial charge in [-0.2, -0.15) is 5.43 Å². The van der Waals surface area contributed by atoms with Crippen LogP contribution in [0.3, 0.4) is 0 Å². The molecule has 0 amide bonds. The first kappa shape index (κ1) is 16.9. The van der Waals surface area contributed by atoms with Crippen molar-refractivity contribution in [2.24, 2.45) is 0 Å². The first-order chi connectivity index (χ1) is 8.06. The van der Waals surface area contributed by atoms with Gasteiger partial charge in [-0.25, -0.2) is 0 Å². The molecule has 0 aromatic carbocycles. The van der Waals surface area contributed by atoms with Gasteiger partial charge in [0.2, 0.25) is 0 Å². The molecule has 0 fully saturated rings. The highest BCUT2D eigenvalue weighted by Crippen LogP contribution is 2.10. The van der Waals surface area contributed by atoms with E-state index in [0.29, 0.717) is 0 Å². The largest absolute Gasteiger partial charge is 0.612 e. The molecular formula is C14H32N2O. The summed E-state index contributed by atoms with van der Waals surface area (Å²) in [6.07, 6.45) is 13.4. The number of hydroxylamine groups is 2. The van der Waals surface area contributed by atoms with E-state index in [4.69, 9.17) is 0 Å². The molecule has 0 saturated heterocycles. The summed E-state index contributed by atoms with van der Waals surface area (Å²) in [5.74, 6) is 0. The van der Waals surface area contributed by atoms with Crippen molar-refractivity contribution in [3.8, 4) is 0 Å². The number of hydrogen-bond acceptors (Lipinski definition) is 2. The minimum Gasteiger partial charge on any atom is -0.612 e. The monoisotopic (exact) mass is 244 g/mol. The molecule has 0 aromatic heterocycles. The van der Waals surface area contributed by atoms with Gasteiger partial charge >= 0.3 is 0 Å². The molecule has 0 bridgehead atoms. The van der Waals surface area contributed by atoms with E-state index >= 15 is 0 Å². The molecule has 0 heterocycles. The number of unbranched alkanes of at least 4 members (excludes halogenated alkanes) is 9. The van der Waals surface area contributed by atoms with E-state index in [2.05, 4.69) is 12.3 Å². The minimum atomic E-state index is -0.378. The van der Waals surface area contributed by atoms with Crippen molar-refractivity contribution < 1.29 is 4.76 Å². The number of rotatable bonds is 12. The Labute approximate surface area is 108 Å². The third-order valence-corrected chi connectivity index (χ3v) is 3.02. The van der Waals surface area contributed by atoms with Gasteiger partial charge in [-0.15, -0.1) is 0 Å². The van der Waals surface area contributed by atoms with Gasteiger partial charge in [-0.05, 0) is 6.42 Å². The lowest BCUT2D eigenvalue weighted by Gasteiger charge is -2.32. The smallest absolute Gasteiger partial charge is 0.0853 e. The van der Waals surface area contributed by atoms with Gasteiger partial charge in [-0.3, -0.25) is 4.76 Å². The number of hydrogen-bond donors (Lipinski definition) is 1. The quantitative estimate of drug-likeness (QED) is 0.320. The van der Waals surface area contributed by atoms with Crippen LogP contribution in [-0.2, 0) is 0 Å². The van der Waals surface area contributed by atoms with Crippen LogP contribution in [-0.4, -0.2) is 25.4 Å². The molecule has 0 rings (SSSR count). The van der Waals surface area contributed by atoms with Crippen LogP contribution in [0.15, 0.2) is 0 Å². The molecule has 0 radical (unpaired) electrons. The maximum absolute atomic E-state index is 11.2. The molecule has 0 aliphatic heterocycles. The molecular weight excluding hydrogens is 212 g/mol. The van der Waals surface area contributed by atoms with Crippen molar-refractivity contribution in [1.82, 2.24) is 5.43 Å². The number of nitrogens with zero attached hydrogens (tertiary/aromatic N) is 1. The van der Waals surface area contributed by atoms with Crippen LogP contribution in [0.2, 0.25) is 0 Å². The Kier molecular flexibility index (Phi) is 10.9. The summed E-state index contributed by atoms with van der Waals surface area (Å²) in [6, 6.07) is 0. The standard InChI is InChI=1S/C14H32N2O/c1-4-5-6-7-8-9-10-11-12-13-14-15-16(2,3)17/h15H,4-14H2,1-3H3. The van der Waals surface area contributed by atoms with E-state index in [1.807, 2.05) is 0 Å². The van der Waals surface area contributed by atoms with E-state index in [0.717, 1.165) is 13.0 Å². The van der Waals surface area contributed by atoms with Gasteiger partial charge in [0, 0.05) is 6.54 Å². The SMILES string of the molecule is CCCCCCCCCCCCN[N+](C)(C)[O-]. The zero-order valence-corrected chi connectivity index (χ0v) is 12.1. The molecule has 0 saturated carbocycles. The number of nitrogens with one attached hydrogen (secondary N) is 1. The minimum absolute atomic E-state index is 0.378. The molecule has 0 spiro atoms. The van der Waals surface area contributed by atoms with Gasteiger partial charge in [0.15, 0.2) is 0 Å². The van der Waals surface area contributed by atoms with Crippen molar-refractivity contribution in [2.45, 2.75) is 71.1 Å². The van der Waals surface area contributed by atoms with Crippen molar-refractivity contribution in [2.75, 3.05) is 20.6 Å². The lowest BCUT2D eigenvalue weighted by atomic mass is 10.1. The predicted octanol–water partition coefficient (Wildman–Crippen LogP) is 3.99. The molecule has 0 aliphatic carbocycles. The second-order valence-corrected chi connectivity index (χ2v) is 5.44. The fraction of sp³-hybridized carbons (Fsp3) is 1.00. The first-order valence-electron chi connectivity index (χ1n) is 7.36. The van der Waals surface area contributed by atoms with E-state index in [1.165, 1.54) is 57.8 Å². The van der Waals surface area contributed by atoms with Crippen LogP contribution >= 0.6 is 0 Å². The van der Waals surface area contributed by atoms with E-state index in [-0.39, 0.29) is 4.76 Å². The Morgan fingerprint density at radius 2 is 1.18 bits per heavy atom. The molecule has 3 heteroatoms. The number of quaternary nitrogens is 1. The van der Waals surface area contributed by atoms with Gasteiger partial charge in [-0.1, -0.05) is 64.7 Å². The van der Waals surface area contributed by atoms with Gasteiger partial charge in [0.1, 0.15) is 0 Å². The average molecular weight is 244 g/mol. The van der Waals surface area contributed by atoms with E-state index in [1.54, 1.807) is 14.1 Å². The van der Waals surface area contributed by atoms with Crippen LogP contribution in [0, 0.1) is 5.21 Å². The summed E-state index contributed by atoms with van der Waals surface area (Å²) in [7, 11) is 3.24. The first-order valence-corrected chi connectivity index (χ1v) is 7.36. The third kappa shape index (κ3) is 15.9. The van der Waals surface area contributed by atoms with Gasteiger partial charge < -0.3 is 5.21 Å². The predicted molar refractivity (Wildman–Crippen MR) is 75.3 cm³/mol. The zero-order chi connectivity index (χ0) is 13.0. The second-order valence-electron chi connectivity index (χ2n) is 5.44. The third-order valence-electron chi connectivity index (χ3n) is 3.02. The average Bonchev–Trinajstić information content (AvgIpc) is 2.24. The summed E-state index contributed by atoms with van der Waals surface area (Å²) in [6.45, 7) is 3.10. The molecule has 0 aliphatic rings. The fourth-order valence-electron chi connectivity index (χ4n) is 1.96. The topological polar surface area (TPSA) is 35.1 Å². The molecule has 104 valence electrons. The highest BCUT2D eigenvalue weighted by molar-refractivity contribution is 4.48. The summed E-state index contributed by atoms with van der Waals surface area (Å²) in [5.41, 5.74) is 2.93. The van der Waals surface area contributed by atoms with Gasteiger partial charge in [0.05, 0.1) is 14.1 Å². The molecule has 0 aromatic rings. The Bertz CT molecular complexity index is 155. The summed E-state index contributed by atoms with van der Waals surface area (Å²) < 4.78 is -0.378. The van der Waals surface area contributed by atoms with Crippen LogP contribution in [0.4, 0.5) is 0 Å². The molecule has 3 nitrogen and oxygen atoms in total. The highest BCUT2D eigenvalue weighted by atomic mass is 16.6. The fourth-order valence-corrected chi connectivity index (χ4v) is 1.96. The Morgan fingerprint density at radius 1 is 0.765 bits per heavy atom. The highest BCUT2D eigenvalue weighted by Gasteiger charge is 1.99. The lowest BCUT2D eigenvalue weighted by molar-refractivity contribution is -0.886. The normalized spacial score (nSPS) is 12.0. The zero-order valence-electron chi connectivity index (χ0n) is 12.1. The van der Waals surface area contributed by atoms with Crippen LogP contribution < -0.4 is 5.43 Å².